The minimum Gasteiger partial charge on any atom is -0.461 e. The number of nitrogens with two attached hydrogens (primary N) is 1. The van der Waals surface area contributed by atoms with Crippen LogP contribution in [-0.2, 0) is 9.53 Å². The second kappa shape index (κ2) is 5.14. The third-order valence-electron chi connectivity index (χ3n) is 1.73. The van der Waals surface area contributed by atoms with Crippen LogP contribution in [0.1, 0.15) is 27.2 Å². The van der Waals surface area contributed by atoms with Gasteiger partial charge in [0.25, 0.3) is 0 Å². The van der Waals surface area contributed by atoms with Gasteiger partial charge in [-0.05, 0) is 19.3 Å². The zero-order valence-corrected chi connectivity index (χ0v) is 8.04. The lowest BCUT2D eigenvalue weighted by Crippen LogP contribution is -2.38. The normalized spacial score (nSPS) is 15.8. The Morgan fingerprint density at radius 1 is 1.58 bits per heavy atom. The molecule has 0 amide bonds. The van der Waals surface area contributed by atoms with Crippen molar-refractivity contribution in [2.45, 2.75) is 39.3 Å². The highest BCUT2D eigenvalue weighted by Crippen LogP contribution is 2.04. The van der Waals surface area contributed by atoms with E-state index in [-0.39, 0.29) is 18.0 Å². The Hall–Kier alpha value is -0.570. The summed E-state index contributed by atoms with van der Waals surface area (Å²) in [5.74, 6) is -0.242. The van der Waals surface area contributed by atoms with E-state index in [0.29, 0.717) is 0 Å². The molecule has 0 spiro atoms. The molecule has 0 rings (SSSR count). The summed E-state index contributed by atoms with van der Waals surface area (Å²) >= 11 is 0. The molecule has 0 aromatic rings. The van der Waals surface area contributed by atoms with Crippen LogP contribution in [0.15, 0.2) is 0 Å². The molecule has 1 unspecified atom stereocenters. The van der Waals surface area contributed by atoms with Crippen molar-refractivity contribution in [1.29, 1.82) is 0 Å². The molecule has 2 atom stereocenters. The summed E-state index contributed by atoms with van der Waals surface area (Å²) in [6, 6.07) is -0.527. The van der Waals surface area contributed by atoms with E-state index >= 15 is 0 Å². The fraction of sp³-hybridized carbons (Fsp3) is 0.778. The molecule has 0 aromatic carbocycles. The summed E-state index contributed by atoms with van der Waals surface area (Å²) in [4.78, 5) is 11.2. The number of esters is 1. The summed E-state index contributed by atoms with van der Waals surface area (Å²) in [6.45, 7) is 9.32. The van der Waals surface area contributed by atoms with Crippen LogP contribution in [0.3, 0.4) is 0 Å². The summed E-state index contributed by atoms with van der Waals surface area (Å²) in [5, 5.41) is 0. The van der Waals surface area contributed by atoms with E-state index in [1.165, 1.54) is 0 Å². The van der Waals surface area contributed by atoms with Crippen molar-refractivity contribution in [2.75, 3.05) is 0 Å². The van der Waals surface area contributed by atoms with Crippen molar-refractivity contribution >= 4 is 5.97 Å². The van der Waals surface area contributed by atoms with Gasteiger partial charge in [-0.3, -0.25) is 4.79 Å². The van der Waals surface area contributed by atoms with Crippen molar-refractivity contribution in [3.63, 3.8) is 0 Å². The number of carbonyl (C=O) groups excluding carboxylic acids is 1. The number of hydrogen-bond donors (Lipinski definition) is 1. The SMILES string of the molecule is [CH2]C(CC)OC(=O)[C@@H](N)C(C)C. The maximum Gasteiger partial charge on any atom is 0.323 e. The number of rotatable bonds is 4. The summed E-state index contributed by atoms with van der Waals surface area (Å²) in [5.41, 5.74) is 5.56. The van der Waals surface area contributed by atoms with E-state index in [4.69, 9.17) is 10.5 Å². The minimum atomic E-state index is -0.527. The lowest BCUT2D eigenvalue weighted by atomic mass is 10.1. The van der Waals surface area contributed by atoms with Crippen LogP contribution in [0, 0.1) is 12.8 Å². The van der Waals surface area contributed by atoms with Gasteiger partial charge in [0, 0.05) is 0 Å². The van der Waals surface area contributed by atoms with Crippen molar-refractivity contribution in [2.24, 2.45) is 11.7 Å². The zero-order valence-electron chi connectivity index (χ0n) is 8.04. The third kappa shape index (κ3) is 3.72. The Balaban J connectivity index is 3.87. The van der Waals surface area contributed by atoms with Crippen molar-refractivity contribution in [3.05, 3.63) is 6.92 Å². The molecule has 0 aromatic heterocycles. The van der Waals surface area contributed by atoms with Gasteiger partial charge in [-0.15, -0.1) is 0 Å². The van der Waals surface area contributed by atoms with Gasteiger partial charge in [0.2, 0.25) is 0 Å². The standard InChI is InChI=1S/C9H18NO2/c1-5-7(4)12-9(11)8(10)6(2)3/h6-8H,4-5,10H2,1-3H3/t7?,8-/m0/s1. The monoisotopic (exact) mass is 172 g/mol. The van der Waals surface area contributed by atoms with Gasteiger partial charge >= 0.3 is 5.97 Å². The van der Waals surface area contributed by atoms with Crippen LogP contribution >= 0.6 is 0 Å². The second-order valence-electron chi connectivity index (χ2n) is 3.24. The maximum absolute atomic E-state index is 11.2. The topological polar surface area (TPSA) is 52.3 Å². The van der Waals surface area contributed by atoms with Crippen LogP contribution in [0.5, 0.6) is 0 Å². The Morgan fingerprint density at radius 3 is 2.42 bits per heavy atom. The van der Waals surface area contributed by atoms with Crippen molar-refractivity contribution in [3.8, 4) is 0 Å². The molecule has 3 nitrogen and oxygen atoms in total. The van der Waals surface area contributed by atoms with Gasteiger partial charge in [-0.2, -0.15) is 0 Å². The van der Waals surface area contributed by atoms with Gasteiger partial charge in [0.05, 0.1) is 0 Å². The number of ether oxygens (including phenoxy) is 1. The molecule has 0 fully saturated rings. The molecule has 0 aliphatic rings. The molecule has 0 heterocycles. The van der Waals surface area contributed by atoms with E-state index in [0.717, 1.165) is 6.42 Å². The molecule has 3 heteroatoms. The van der Waals surface area contributed by atoms with Crippen molar-refractivity contribution in [1.82, 2.24) is 0 Å². The van der Waals surface area contributed by atoms with Crippen molar-refractivity contribution < 1.29 is 9.53 Å². The molecule has 2 N–H and O–H groups in total. The van der Waals surface area contributed by atoms with Gasteiger partial charge in [-0.25, -0.2) is 0 Å². The first-order chi connectivity index (χ1) is 5.49. The zero-order chi connectivity index (χ0) is 9.72. The summed E-state index contributed by atoms with van der Waals surface area (Å²) in [6.07, 6.45) is 0.443. The highest BCUT2D eigenvalue weighted by atomic mass is 16.5. The van der Waals surface area contributed by atoms with Gasteiger partial charge in [-0.1, -0.05) is 20.8 Å². The molecule has 0 saturated carbocycles. The average molecular weight is 172 g/mol. The number of carbonyl (C=O) groups is 1. The van der Waals surface area contributed by atoms with Crippen LogP contribution < -0.4 is 5.73 Å². The molecule has 0 aliphatic carbocycles. The minimum absolute atomic E-state index is 0.113. The van der Waals surface area contributed by atoms with Crippen LogP contribution in [-0.4, -0.2) is 18.1 Å². The predicted molar refractivity (Wildman–Crippen MR) is 48.3 cm³/mol. The van der Waals surface area contributed by atoms with Crippen LogP contribution in [0.25, 0.3) is 0 Å². The molecule has 1 radical (unpaired) electrons. The molecule has 71 valence electrons. The van der Waals surface area contributed by atoms with E-state index in [1.54, 1.807) is 0 Å². The quantitative estimate of drug-likeness (QED) is 0.647. The number of hydrogen-bond acceptors (Lipinski definition) is 3. The molecule has 0 saturated heterocycles. The average Bonchev–Trinajstić information content (AvgIpc) is 2.02. The second-order valence-corrected chi connectivity index (χ2v) is 3.24. The molecular weight excluding hydrogens is 154 g/mol. The predicted octanol–water partition coefficient (Wildman–Crippen LogP) is 1.13. The van der Waals surface area contributed by atoms with Crippen LogP contribution in [0.4, 0.5) is 0 Å². The summed E-state index contributed by atoms with van der Waals surface area (Å²) < 4.78 is 4.95. The first-order valence-electron chi connectivity index (χ1n) is 4.28. The molecule has 0 bridgehead atoms. The Morgan fingerprint density at radius 2 is 2.08 bits per heavy atom. The van der Waals surface area contributed by atoms with Gasteiger partial charge in [0.1, 0.15) is 12.1 Å². The van der Waals surface area contributed by atoms with E-state index < -0.39 is 6.04 Å². The summed E-state index contributed by atoms with van der Waals surface area (Å²) in [7, 11) is 0. The third-order valence-corrected chi connectivity index (χ3v) is 1.73. The highest BCUT2D eigenvalue weighted by molar-refractivity contribution is 5.75. The fourth-order valence-corrected chi connectivity index (χ4v) is 0.598. The highest BCUT2D eigenvalue weighted by Gasteiger charge is 2.20. The molecule has 0 aliphatic heterocycles. The van der Waals surface area contributed by atoms with Gasteiger partial charge in [0.15, 0.2) is 0 Å². The molecule has 12 heavy (non-hydrogen) atoms. The Bertz CT molecular complexity index is 145. The maximum atomic E-state index is 11.2. The molecular formula is C9H18NO2. The Kier molecular flexibility index (Phi) is 4.90. The fourth-order valence-electron chi connectivity index (χ4n) is 0.598. The Labute approximate surface area is 74.3 Å². The van der Waals surface area contributed by atoms with Crippen LogP contribution in [0.2, 0.25) is 0 Å². The smallest absolute Gasteiger partial charge is 0.323 e. The lowest BCUT2D eigenvalue weighted by molar-refractivity contribution is -0.149. The first-order valence-corrected chi connectivity index (χ1v) is 4.28. The lowest BCUT2D eigenvalue weighted by Gasteiger charge is -2.17. The van der Waals surface area contributed by atoms with Gasteiger partial charge < -0.3 is 10.5 Å². The largest absolute Gasteiger partial charge is 0.461 e. The van der Waals surface area contributed by atoms with E-state index in [2.05, 4.69) is 6.92 Å². The van der Waals surface area contributed by atoms with E-state index in [1.807, 2.05) is 20.8 Å². The van der Waals surface area contributed by atoms with E-state index in [9.17, 15) is 4.79 Å². The first kappa shape index (κ1) is 11.4.